The Balaban J connectivity index is 1.69. The average Bonchev–Trinajstić information content (AvgIpc) is 3.31. The highest BCUT2D eigenvalue weighted by Crippen LogP contribution is 2.31. The van der Waals surface area contributed by atoms with Crippen molar-refractivity contribution in [3.63, 3.8) is 0 Å². The minimum absolute atomic E-state index is 0.00385. The second-order valence-electron chi connectivity index (χ2n) is 8.81. The van der Waals surface area contributed by atoms with Crippen molar-refractivity contribution < 1.29 is 28.2 Å². The molecule has 37 heavy (non-hydrogen) atoms. The quantitative estimate of drug-likeness (QED) is 0.445. The summed E-state index contributed by atoms with van der Waals surface area (Å²) in [6.07, 6.45) is 0. The van der Waals surface area contributed by atoms with E-state index in [0.29, 0.717) is 17.9 Å². The number of hydrogen-bond acceptors (Lipinski definition) is 6. The highest BCUT2D eigenvalue weighted by molar-refractivity contribution is 6.01. The zero-order valence-electron chi connectivity index (χ0n) is 21.0. The number of para-hydroxylation sites is 1. The molecule has 1 N–H and O–H groups in total. The Morgan fingerprint density at radius 2 is 1.84 bits per heavy atom. The van der Waals surface area contributed by atoms with Gasteiger partial charge in [0.2, 0.25) is 5.91 Å². The van der Waals surface area contributed by atoms with E-state index in [4.69, 9.17) is 9.47 Å². The molecular weight excluding hydrogens is 479 g/mol. The van der Waals surface area contributed by atoms with Crippen LogP contribution in [-0.2, 0) is 29.2 Å². The molecule has 0 radical (unpaired) electrons. The third-order valence-corrected chi connectivity index (χ3v) is 6.24. The highest BCUT2D eigenvalue weighted by Gasteiger charge is 2.48. The molecule has 3 aromatic rings. The van der Waals surface area contributed by atoms with Crippen LogP contribution in [0.25, 0.3) is 0 Å². The van der Waals surface area contributed by atoms with Gasteiger partial charge in [-0.15, -0.1) is 0 Å². The fraction of sp³-hybridized carbons (Fsp3) is 0.333. The van der Waals surface area contributed by atoms with E-state index >= 15 is 0 Å². The van der Waals surface area contributed by atoms with Crippen LogP contribution >= 0.6 is 0 Å². The Labute approximate surface area is 214 Å². The standard InChI is InChI=1S/C27H29FN4O5/c1-4-36-23-9-7-6-8-19(23)16-31-24(33)22-14-21(25(34)37-5-2)30-32(22)17-27(31,3)26(35)29-15-18-10-12-20(28)13-11-18/h6-14H,4-5,15-17H2,1-3H3,(H,29,35). The van der Waals surface area contributed by atoms with Gasteiger partial charge in [0.15, 0.2) is 5.69 Å². The van der Waals surface area contributed by atoms with Crippen molar-refractivity contribution in [3.05, 3.63) is 82.9 Å². The highest BCUT2D eigenvalue weighted by atomic mass is 19.1. The Kier molecular flexibility index (Phi) is 7.56. The zero-order chi connectivity index (χ0) is 26.6. The van der Waals surface area contributed by atoms with Crippen LogP contribution in [0.3, 0.4) is 0 Å². The summed E-state index contributed by atoms with van der Waals surface area (Å²) in [7, 11) is 0. The van der Waals surface area contributed by atoms with Gasteiger partial charge >= 0.3 is 5.97 Å². The summed E-state index contributed by atoms with van der Waals surface area (Å²) in [4.78, 5) is 41.2. The molecule has 1 aliphatic rings. The van der Waals surface area contributed by atoms with E-state index in [9.17, 15) is 18.8 Å². The molecule has 0 saturated carbocycles. The maximum Gasteiger partial charge on any atom is 0.358 e. The third-order valence-electron chi connectivity index (χ3n) is 6.24. The normalized spacial score (nSPS) is 16.8. The molecule has 10 heteroatoms. The molecule has 0 spiro atoms. The number of carbonyl (C=O) groups is 3. The number of nitrogens with zero attached hydrogens (tertiary/aromatic N) is 3. The Morgan fingerprint density at radius 3 is 2.54 bits per heavy atom. The molecule has 2 amide bonds. The summed E-state index contributed by atoms with van der Waals surface area (Å²) in [5, 5.41) is 7.13. The first-order valence-corrected chi connectivity index (χ1v) is 12.1. The molecule has 1 unspecified atom stereocenters. The number of hydrogen-bond donors (Lipinski definition) is 1. The number of aromatic nitrogens is 2. The number of esters is 1. The van der Waals surface area contributed by atoms with Gasteiger partial charge in [-0.25, -0.2) is 9.18 Å². The molecule has 0 fully saturated rings. The SMILES string of the molecule is CCOC(=O)c1cc2n(n1)CC(C)(C(=O)NCc1ccc(F)cc1)N(Cc1ccccc1OCC)C2=O. The van der Waals surface area contributed by atoms with E-state index in [0.717, 1.165) is 5.56 Å². The molecule has 194 valence electrons. The lowest BCUT2D eigenvalue weighted by atomic mass is 9.93. The van der Waals surface area contributed by atoms with Crippen molar-refractivity contribution >= 4 is 17.8 Å². The van der Waals surface area contributed by atoms with E-state index in [-0.39, 0.29) is 43.4 Å². The van der Waals surface area contributed by atoms with Crippen LogP contribution < -0.4 is 10.1 Å². The molecule has 1 aliphatic heterocycles. The van der Waals surface area contributed by atoms with E-state index in [1.807, 2.05) is 31.2 Å². The van der Waals surface area contributed by atoms with Gasteiger partial charge in [0.1, 0.15) is 22.8 Å². The molecule has 9 nitrogen and oxygen atoms in total. The van der Waals surface area contributed by atoms with Crippen molar-refractivity contribution in [1.29, 1.82) is 0 Å². The Hall–Kier alpha value is -4.21. The van der Waals surface area contributed by atoms with Gasteiger partial charge in [0.25, 0.3) is 5.91 Å². The van der Waals surface area contributed by atoms with Crippen molar-refractivity contribution in [2.24, 2.45) is 0 Å². The van der Waals surface area contributed by atoms with Crippen molar-refractivity contribution in [2.45, 2.75) is 45.9 Å². The maximum atomic E-state index is 13.8. The van der Waals surface area contributed by atoms with Crippen molar-refractivity contribution in [2.75, 3.05) is 13.2 Å². The fourth-order valence-corrected chi connectivity index (χ4v) is 4.27. The predicted molar refractivity (Wildman–Crippen MR) is 132 cm³/mol. The van der Waals surface area contributed by atoms with Crippen molar-refractivity contribution in [3.8, 4) is 5.75 Å². The minimum atomic E-state index is -1.36. The second kappa shape index (κ2) is 10.8. The number of rotatable bonds is 9. The molecule has 2 aromatic carbocycles. The number of halogens is 1. The van der Waals surface area contributed by atoms with Crippen LogP contribution in [-0.4, -0.2) is 51.2 Å². The van der Waals surface area contributed by atoms with E-state index in [1.54, 1.807) is 26.0 Å². The maximum absolute atomic E-state index is 13.8. The van der Waals surface area contributed by atoms with E-state index in [2.05, 4.69) is 10.4 Å². The predicted octanol–water partition coefficient (Wildman–Crippen LogP) is 3.33. The Morgan fingerprint density at radius 1 is 1.11 bits per heavy atom. The monoisotopic (exact) mass is 508 g/mol. The topological polar surface area (TPSA) is 103 Å². The van der Waals surface area contributed by atoms with Crippen LogP contribution in [0.2, 0.25) is 0 Å². The van der Waals surface area contributed by atoms with Gasteiger partial charge in [-0.2, -0.15) is 5.10 Å². The first kappa shape index (κ1) is 25.9. The minimum Gasteiger partial charge on any atom is -0.494 e. The lowest BCUT2D eigenvalue weighted by Gasteiger charge is -2.43. The molecule has 2 heterocycles. The van der Waals surface area contributed by atoms with Gasteiger partial charge in [0, 0.05) is 18.2 Å². The van der Waals surface area contributed by atoms with Crippen LogP contribution in [0.15, 0.2) is 54.6 Å². The first-order chi connectivity index (χ1) is 17.8. The number of ether oxygens (including phenoxy) is 2. The van der Waals surface area contributed by atoms with Crippen LogP contribution in [0, 0.1) is 5.82 Å². The molecule has 0 aliphatic carbocycles. The number of fused-ring (bicyclic) bond motifs is 1. The van der Waals surface area contributed by atoms with Gasteiger partial charge in [-0.05, 0) is 44.5 Å². The summed E-state index contributed by atoms with van der Waals surface area (Å²) >= 11 is 0. The summed E-state index contributed by atoms with van der Waals surface area (Å²) in [6.45, 7) is 6.06. The van der Waals surface area contributed by atoms with Gasteiger partial charge in [-0.3, -0.25) is 14.3 Å². The lowest BCUT2D eigenvalue weighted by molar-refractivity contribution is -0.133. The second-order valence-corrected chi connectivity index (χ2v) is 8.81. The first-order valence-electron chi connectivity index (χ1n) is 12.1. The van der Waals surface area contributed by atoms with Gasteiger partial charge in [0.05, 0.1) is 26.3 Å². The molecule has 1 atom stereocenters. The number of amides is 2. The van der Waals surface area contributed by atoms with Crippen LogP contribution in [0.4, 0.5) is 4.39 Å². The largest absolute Gasteiger partial charge is 0.494 e. The molecule has 1 aromatic heterocycles. The number of nitrogens with one attached hydrogen (secondary N) is 1. The number of carbonyl (C=O) groups excluding carboxylic acids is 3. The number of benzene rings is 2. The summed E-state index contributed by atoms with van der Waals surface area (Å²) in [6, 6.07) is 14.5. The molecule has 0 saturated heterocycles. The average molecular weight is 509 g/mol. The van der Waals surface area contributed by atoms with Gasteiger partial charge < -0.3 is 19.7 Å². The summed E-state index contributed by atoms with van der Waals surface area (Å²) in [5.41, 5.74) is 0.255. The molecule has 0 bridgehead atoms. The van der Waals surface area contributed by atoms with Crippen LogP contribution in [0.5, 0.6) is 5.75 Å². The Bertz CT molecular complexity index is 1310. The molecular formula is C27H29FN4O5. The summed E-state index contributed by atoms with van der Waals surface area (Å²) in [5.74, 6) is -1.29. The summed E-state index contributed by atoms with van der Waals surface area (Å²) < 4.78 is 25.4. The fourth-order valence-electron chi connectivity index (χ4n) is 4.27. The van der Waals surface area contributed by atoms with E-state index in [1.165, 1.54) is 27.8 Å². The van der Waals surface area contributed by atoms with E-state index < -0.39 is 23.3 Å². The third kappa shape index (κ3) is 5.32. The smallest absolute Gasteiger partial charge is 0.358 e. The lowest BCUT2D eigenvalue weighted by Crippen LogP contribution is -2.63. The molecule has 4 rings (SSSR count). The van der Waals surface area contributed by atoms with Crippen molar-refractivity contribution in [1.82, 2.24) is 20.0 Å². The zero-order valence-corrected chi connectivity index (χ0v) is 21.0. The van der Waals surface area contributed by atoms with Crippen LogP contribution in [0.1, 0.15) is 52.9 Å². The van der Waals surface area contributed by atoms with Gasteiger partial charge in [-0.1, -0.05) is 30.3 Å².